The van der Waals surface area contributed by atoms with E-state index in [4.69, 9.17) is 5.73 Å². The molecule has 2 unspecified atom stereocenters. The fraction of sp³-hybridized carbons (Fsp3) is 0.647. The predicted molar refractivity (Wildman–Crippen MR) is 85.9 cm³/mol. The van der Waals surface area contributed by atoms with Crippen molar-refractivity contribution in [2.75, 3.05) is 40.3 Å². The van der Waals surface area contributed by atoms with E-state index in [0.717, 1.165) is 19.0 Å². The van der Waals surface area contributed by atoms with Crippen molar-refractivity contribution in [3.05, 3.63) is 34.9 Å². The van der Waals surface area contributed by atoms with Crippen molar-refractivity contribution < 1.29 is 0 Å². The summed E-state index contributed by atoms with van der Waals surface area (Å²) >= 11 is 0. The van der Waals surface area contributed by atoms with Crippen LogP contribution in [0.3, 0.4) is 0 Å². The molecule has 0 spiro atoms. The Morgan fingerprint density at radius 2 is 2.15 bits per heavy atom. The van der Waals surface area contributed by atoms with E-state index in [-0.39, 0.29) is 6.04 Å². The Morgan fingerprint density at radius 1 is 1.40 bits per heavy atom. The number of rotatable bonds is 5. The summed E-state index contributed by atoms with van der Waals surface area (Å²) in [7, 11) is 4.41. The summed E-state index contributed by atoms with van der Waals surface area (Å²) in [5.74, 6) is 0.802. The smallest absolute Gasteiger partial charge is 0.0426 e. The van der Waals surface area contributed by atoms with E-state index in [2.05, 4.69) is 55.9 Å². The Labute approximate surface area is 123 Å². The molecule has 0 saturated carbocycles. The molecule has 0 aromatic heterocycles. The molecular formula is C17H29N3. The van der Waals surface area contributed by atoms with E-state index >= 15 is 0 Å². The molecule has 0 bridgehead atoms. The van der Waals surface area contributed by atoms with E-state index in [1.54, 1.807) is 0 Å². The third-order valence-electron chi connectivity index (χ3n) is 4.40. The first-order valence-electron chi connectivity index (χ1n) is 7.65. The second-order valence-corrected chi connectivity index (χ2v) is 6.60. The van der Waals surface area contributed by atoms with Gasteiger partial charge in [-0.15, -0.1) is 0 Å². The van der Waals surface area contributed by atoms with Gasteiger partial charge >= 0.3 is 0 Å². The van der Waals surface area contributed by atoms with Crippen molar-refractivity contribution >= 4 is 0 Å². The first kappa shape index (κ1) is 15.5. The normalized spacial score (nSPS) is 21.6. The molecule has 112 valence electrons. The second-order valence-electron chi connectivity index (χ2n) is 6.60. The van der Waals surface area contributed by atoms with Gasteiger partial charge in [-0.05, 0) is 58.0 Å². The zero-order chi connectivity index (χ0) is 14.7. The Morgan fingerprint density at radius 3 is 2.80 bits per heavy atom. The number of aryl methyl sites for hydroxylation is 2. The minimum Gasteiger partial charge on any atom is -0.323 e. The van der Waals surface area contributed by atoms with Gasteiger partial charge in [0.15, 0.2) is 0 Å². The van der Waals surface area contributed by atoms with E-state index in [9.17, 15) is 0 Å². The summed E-state index contributed by atoms with van der Waals surface area (Å²) in [6, 6.07) is 6.68. The van der Waals surface area contributed by atoms with E-state index in [1.807, 2.05) is 0 Å². The standard InChI is InChI=1S/C17H29N3/c1-13-5-6-14(2)16(9-13)17(18)12-20(4)11-15-7-8-19(3)10-15/h5-6,9,15,17H,7-8,10-12,18H2,1-4H3. The highest BCUT2D eigenvalue weighted by molar-refractivity contribution is 5.32. The molecule has 1 saturated heterocycles. The molecule has 2 atom stereocenters. The number of likely N-dealkylation sites (N-methyl/N-ethyl adjacent to an activating group) is 1. The van der Waals surface area contributed by atoms with Crippen molar-refractivity contribution in [1.82, 2.24) is 9.80 Å². The Kier molecular flexibility index (Phi) is 5.19. The zero-order valence-electron chi connectivity index (χ0n) is 13.4. The highest BCUT2D eigenvalue weighted by atomic mass is 15.2. The van der Waals surface area contributed by atoms with Crippen molar-refractivity contribution in [2.24, 2.45) is 11.7 Å². The van der Waals surface area contributed by atoms with Gasteiger partial charge in [0, 0.05) is 25.7 Å². The molecule has 3 heteroatoms. The van der Waals surface area contributed by atoms with Crippen molar-refractivity contribution in [3.63, 3.8) is 0 Å². The van der Waals surface area contributed by atoms with Gasteiger partial charge in [-0.25, -0.2) is 0 Å². The van der Waals surface area contributed by atoms with Crippen LogP contribution in [-0.2, 0) is 0 Å². The number of hydrogen-bond acceptors (Lipinski definition) is 3. The van der Waals surface area contributed by atoms with Crippen LogP contribution < -0.4 is 5.73 Å². The highest BCUT2D eigenvalue weighted by Gasteiger charge is 2.21. The first-order valence-corrected chi connectivity index (χ1v) is 7.65. The van der Waals surface area contributed by atoms with Gasteiger partial charge in [0.1, 0.15) is 0 Å². The lowest BCUT2D eigenvalue weighted by atomic mass is 9.99. The molecule has 0 radical (unpaired) electrons. The number of likely N-dealkylation sites (tertiary alicyclic amines) is 1. The molecule has 1 heterocycles. The summed E-state index contributed by atoms with van der Waals surface area (Å²) in [6.45, 7) is 8.84. The molecule has 1 fully saturated rings. The number of nitrogens with two attached hydrogens (primary N) is 1. The summed E-state index contributed by atoms with van der Waals surface area (Å²) in [5, 5.41) is 0. The van der Waals surface area contributed by atoms with Gasteiger partial charge in [-0.1, -0.05) is 23.8 Å². The van der Waals surface area contributed by atoms with Crippen LogP contribution in [0.5, 0.6) is 0 Å². The molecule has 2 N–H and O–H groups in total. The second kappa shape index (κ2) is 6.70. The van der Waals surface area contributed by atoms with Crippen molar-refractivity contribution in [2.45, 2.75) is 26.3 Å². The number of nitrogens with zero attached hydrogens (tertiary/aromatic N) is 2. The summed E-state index contributed by atoms with van der Waals surface area (Å²) in [5.41, 5.74) is 10.3. The summed E-state index contributed by atoms with van der Waals surface area (Å²) in [4.78, 5) is 4.82. The van der Waals surface area contributed by atoms with Crippen LogP contribution in [0.4, 0.5) is 0 Å². The van der Waals surface area contributed by atoms with Crippen LogP contribution in [0, 0.1) is 19.8 Å². The quantitative estimate of drug-likeness (QED) is 0.894. The van der Waals surface area contributed by atoms with Crippen molar-refractivity contribution in [1.29, 1.82) is 0 Å². The number of benzene rings is 1. The Balaban J connectivity index is 1.90. The summed E-state index contributed by atoms with van der Waals surface area (Å²) in [6.07, 6.45) is 1.32. The number of hydrogen-bond donors (Lipinski definition) is 1. The lowest BCUT2D eigenvalue weighted by molar-refractivity contribution is 0.260. The highest BCUT2D eigenvalue weighted by Crippen LogP contribution is 2.20. The molecule has 1 aromatic carbocycles. The van der Waals surface area contributed by atoms with Crippen LogP contribution in [0.25, 0.3) is 0 Å². The predicted octanol–water partition coefficient (Wildman–Crippen LogP) is 2.19. The van der Waals surface area contributed by atoms with Crippen LogP contribution in [0.15, 0.2) is 18.2 Å². The van der Waals surface area contributed by atoms with Gasteiger partial charge in [-0.3, -0.25) is 0 Å². The minimum absolute atomic E-state index is 0.110. The zero-order valence-corrected chi connectivity index (χ0v) is 13.4. The van der Waals surface area contributed by atoms with Crippen LogP contribution in [0.1, 0.15) is 29.2 Å². The lowest BCUT2D eigenvalue weighted by Crippen LogP contribution is -2.34. The molecule has 1 aliphatic heterocycles. The molecule has 2 rings (SSSR count). The fourth-order valence-corrected chi connectivity index (χ4v) is 3.28. The van der Waals surface area contributed by atoms with Gasteiger partial charge < -0.3 is 15.5 Å². The monoisotopic (exact) mass is 275 g/mol. The molecule has 1 aliphatic rings. The topological polar surface area (TPSA) is 32.5 Å². The average Bonchev–Trinajstić information content (AvgIpc) is 2.77. The van der Waals surface area contributed by atoms with Crippen LogP contribution in [-0.4, -0.2) is 50.1 Å². The maximum absolute atomic E-state index is 6.42. The maximum atomic E-state index is 6.42. The Bertz CT molecular complexity index is 444. The van der Waals surface area contributed by atoms with Gasteiger partial charge in [0.2, 0.25) is 0 Å². The third kappa shape index (κ3) is 4.05. The lowest BCUT2D eigenvalue weighted by Gasteiger charge is -2.25. The first-order chi connectivity index (χ1) is 9.45. The largest absolute Gasteiger partial charge is 0.323 e. The molecular weight excluding hydrogens is 246 g/mol. The molecule has 1 aromatic rings. The van der Waals surface area contributed by atoms with Crippen LogP contribution >= 0.6 is 0 Å². The van der Waals surface area contributed by atoms with Crippen LogP contribution in [0.2, 0.25) is 0 Å². The third-order valence-corrected chi connectivity index (χ3v) is 4.40. The average molecular weight is 275 g/mol. The molecule has 0 amide bonds. The van der Waals surface area contributed by atoms with Gasteiger partial charge in [-0.2, -0.15) is 0 Å². The minimum atomic E-state index is 0.110. The van der Waals surface area contributed by atoms with Gasteiger partial charge in [0.25, 0.3) is 0 Å². The van der Waals surface area contributed by atoms with E-state index < -0.39 is 0 Å². The SMILES string of the molecule is Cc1ccc(C)c(C(N)CN(C)CC2CCN(C)C2)c1. The molecule has 3 nitrogen and oxygen atoms in total. The fourth-order valence-electron chi connectivity index (χ4n) is 3.28. The molecule has 0 aliphatic carbocycles. The van der Waals surface area contributed by atoms with Gasteiger partial charge in [0.05, 0.1) is 0 Å². The molecule has 20 heavy (non-hydrogen) atoms. The Hall–Kier alpha value is -0.900. The van der Waals surface area contributed by atoms with Crippen molar-refractivity contribution in [3.8, 4) is 0 Å². The maximum Gasteiger partial charge on any atom is 0.0426 e. The van der Waals surface area contributed by atoms with E-state index in [1.165, 1.54) is 36.2 Å². The summed E-state index contributed by atoms with van der Waals surface area (Å²) < 4.78 is 0. The van der Waals surface area contributed by atoms with E-state index in [0.29, 0.717) is 0 Å².